The molecule has 0 spiro atoms. The molecule has 1 amide bonds. The summed E-state index contributed by atoms with van der Waals surface area (Å²) in [5.74, 6) is -0.00171. The Morgan fingerprint density at radius 1 is 1.67 bits per heavy atom. The fourth-order valence-corrected chi connectivity index (χ4v) is 0.862. The lowest BCUT2D eigenvalue weighted by Gasteiger charge is -2.09. The number of halogens is 1. The summed E-state index contributed by atoms with van der Waals surface area (Å²) in [6, 6.07) is 0. The quantitative estimate of drug-likeness (QED) is 0.703. The molecule has 2 atom stereocenters. The topological polar surface area (TPSA) is 49.3 Å². The molecule has 3 nitrogen and oxygen atoms in total. The van der Waals surface area contributed by atoms with Gasteiger partial charge in [0.25, 0.3) is 0 Å². The lowest BCUT2D eigenvalue weighted by Crippen LogP contribution is -2.32. The van der Waals surface area contributed by atoms with Crippen molar-refractivity contribution in [1.29, 1.82) is 0 Å². The van der Waals surface area contributed by atoms with E-state index in [1.807, 2.05) is 6.92 Å². The maximum atomic E-state index is 11.1. The third-order valence-electron chi connectivity index (χ3n) is 1.50. The van der Waals surface area contributed by atoms with Crippen LogP contribution in [0.3, 0.4) is 0 Å². The Morgan fingerprint density at radius 3 is 2.67 bits per heavy atom. The molecule has 0 heterocycles. The highest BCUT2D eigenvalue weighted by molar-refractivity contribution is 9.10. The number of aliphatic hydroxyl groups excluding tert-OH is 1. The number of aliphatic hydroxyl groups is 1. The van der Waals surface area contributed by atoms with E-state index in [-0.39, 0.29) is 16.8 Å². The van der Waals surface area contributed by atoms with Gasteiger partial charge in [0.05, 0.1) is 10.9 Å². The Bertz CT molecular complexity index is 139. The SMILES string of the molecule is CCC(Br)C(=O)NCCC(C)O. The zero-order valence-electron chi connectivity index (χ0n) is 7.51. The Kier molecular flexibility index (Phi) is 6.38. The number of carbonyl (C=O) groups is 1. The van der Waals surface area contributed by atoms with Crippen molar-refractivity contribution in [3.05, 3.63) is 0 Å². The van der Waals surface area contributed by atoms with Gasteiger partial charge in [-0.05, 0) is 19.8 Å². The first kappa shape index (κ1) is 11.9. The van der Waals surface area contributed by atoms with Crippen molar-refractivity contribution in [2.45, 2.75) is 37.6 Å². The van der Waals surface area contributed by atoms with Crippen LogP contribution < -0.4 is 5.32 Å². The van der Waals surface area contributed by atoms with Crippen LogP contribution in [0.1, 0.15) is 26.7 Å². The van der Waals surface area contributed by atoms with Gasteiger partial charge in [0, 0.05) is 6.54 Å². The fraction of sp³-hybridized carbons (Fsp3) is 0.875. The summed E-state index contributed by atoms with van der Waals surface area (Å²) in [5, 5.41) is 11.6. The van der Waals surface area contributed by atoms with E-state index in [4.69, 9.17) is 5.11 Å². The minimum Gasteiger partial charge on any atom is -0.393 e. The second-order valence-corrected chi connectivity index (χ2v) is 3.91. The third-order valence-corrected chi connectivity index (χ3v) is 2.57. The molecular weight excluding hydrogens is 222 g/mol. The van der Waals surface area contributed by atoms with Gasteiger partial charge in [-0.1, -0.05) is 22.9 Å². The molecule has 0 radical (unpaired) electrons. The summed E-state index contributed by atoms with van der Waals surface area (Å²) in [4.78, 5) is 11.0. The summed E-state index contributed by atoms with van der Waals surface area (Å²) in [5.41, 5.74) is 0. The van der Waals surface area contributed by atoms with Crippen LogP contribution in [0.5, 0.6) is 0 Å². The maximum Gasteiger partial charge on any atom is 0.233 e. The summed E-state index contributed by atoms with van der Waals surface area (Å²) >= 11 is 3.23. The molecule has 4 heteroatoms. The van der Waals surface area contributed by atoms with E-state index in [9.17, 15) is 4.79 Å². The Balaban J connectivity index is 3.44. The van der Waals surface area contributed by atoms with E-state index in [0.29, 0.717) is 13.0 Å². The van der Waals surface area contributed by atoms with Crippen molar-refractivity contribution < 1.29 is 9.90 Å². The van der Waals surface area contributed by atoms with Crippen LogP contribution in [0.2, 0.25) is 0 Å². The van der Waals surface area contributed by atoms with Gasteiger partial charge in [-0.3, -0.25) is 4.79 Å². The highest BCUT2D eigenvalue weighted by Gasteiger charge is 2.10. The number of rotatable bonds is 5. The molecule has 0 aromatic heterocycles. The normalized spacial score (nSPS) is 15.3. The van der Waals surface area contributed by atoms with Crippen molar-refractivity contribution in [1.82, 2.24) is 5.32 Å². The summed E-state index contributed by atoms with van der Waals surface area (Å²) in [6.07, 6.45) is 1.04. The molecule has 0 aliphatic heterocycles. The summed E-state index contributed by atoms with van der Waals surface area (Å²) in [6.45, 7) is 4.18. The molecule has 0 aliphatic rings. The summed E-state index contributed by atoms with van der Waals surface area (Å²) < 4.78 is 0. The molecule has 0 saturated carbocycles. The standard InChI is InChI=1S/C8H16BrNO2/c1-3-7(9)8(12)10-5-4-6(2)11/h6-7,11H,3-5H2,1-2H3,(H,10,12). The molecule has 0 aromatic carbocycles. The van der Waals surface area contributed by atoms with Crippen LogP contribution in [-0.2, 0) is 4.79 Å². The first-order valence-electron chi connectivity index (χ1n) is 4.17. The third kappa shape index (κ3) is 5.55. The minimum absolute atomic E-state index is 0.00171. The number of alkyl halides is 1. The van der Waals surface area contributed by atoms with Crippen LogP contribution >= 0.6 is 15.9 Å². The number of nitrogens with one attached hydrogen (secondary N) is 1. The average Bonchev–Trinajstić information content (AvgIpc) is 2.02. The fourth-order valence-electron chi connectivity index (χ4n) is 0.700. The van der Waals surface area contributed by atoms with Crippen LogP contribution in [0.4, 0.5) is 0 Å². The van der Waals surface area contributed by atoms with E-state index in [1.54, 1.807) is 6.92 Å². The Morgan fingerprint density at radius 2 is 2.25 bits per heavy atom. The number of hydrogen-bond acceptors (Lipinski definition) is 2. The highest BCUT2D eigenvalue weighted by atomic mass is 79.9. The van der Waals surface area contributed by atoms with Gasteiger partial charge < -0.3 is 10.4 Å². The second-order valence-electron chi connectivity index (χ2n) is 2.80. The van der Waals surface area contributed by atoms with Crippen LogP contribution in [0.15, 0.2) is 0 Å². The lowest BCUT2D eigenvalue weighted by atomic mass is 10.2. The Labute approximate surface area is 81.7 Å². The zero-order valence-corrected chi connectivity index (χ0v) is 9.10. The van der Waals surface area contributed by atoms with Gasteiger partial charge in [0.1, 0.15) is 0 Å². The molecule has 2 unspecified atom stereocenters. The molecule has 0 saturated heterocycles. The first-order chi connectivity index (χ1) is 5.57. The smallest absolute Gasteiger partial charge is 0.233 e. The minimum atomic E-state index is -0.347. The van der Waals surface area contributed by atoms with E-state index in [2.05, 4.69) is 21.2 Å². The number of carbonyl (C=O) groups excluding carboxylic acids is 1. The van der Waals surface area contributed by atoms with Gasteiger partial charge in [-0.15, -0.1) is 0 Å². The lowest BCUT2D eigenvalue weighted by molar-refractivity contribution is -0.120. The monoisotopic (exact) mass is 237 g/mol. The highest BCUT2D eigenvalue weighted by Crippen LogP contribution is 2.03. The van der Waals surface area contributed by atoms with Crippen LogP contribution in [0, 0.1) is 0 Å². The largest absolute Gasteiger partial charge is 0.393 e. The van der Waals surface area contributed by atoms with Crippen molar-refractivity contribution >= 4 is 21.8 Å². The van der Waals surface area contributed by atoms with Gasteiger partial charge in [-0.25, -0.2) is 0 Å². The number of amides is 1. The van der Waals surface area contributed by atoms with E-state index in [0.717, 1.165) is 6.42 Å². The van der Waals surface area contributed by atoms with Gasteiger partial charge in [0.2, 0.25) is 5.91 Å². The van der Waals surface area contributed by atoms with Crippen molar-refractivity contribution in [2.75, 3.05) is 6.54 Å². The predicted octanol–water partition coefficient (Wildman–Crippen LogP) is 1.05. The van der Waals surface area contributed by atoms with E-state index in [1.165, 1.54) is 0 Å². The molecule has 0 aromatic rings. The molecule has 0 rings (SSSR count). The molecular formula is C8H16BrNO2. The van der Waals surface area contributed by atoms with Crippen molar-refractivity contribution in [2.24, 2.45) is 0 Å². The van der Waals surface area contributed by atoms with E-state index < -0.39 is 0 Å². The van der Waals surface area contributed by atoms with Gasteiger partial charge >= 0.3 is 0 Å². The molecule has 12 heavy (non-hydrogen) atoms. The number of hydrogen-bond donors (Lipinski definition) is 2. The molecule has 2 N–H and O–H groups in total. The Hall–Kier alpha value is -0.0900. The molecule has 0 bridgehead atoms. The molecule has 72 valence electrons. The van der Waals surface area contributed by atoms with Crippen LogP contribution in [-0.4, -0.2) is 28.5 Å². The average molecular weight is 238 g/mol. The summed E-state index contributed by atoms with van der Waals surface area (Å²) in [7, 11) is 0. The van der Waals surface area contributed by atoms with Gasteiger partial charge in [0.15, 0.2) is 0 Å². The van der Waals surface area contributed by atoms with Gasteiger partial charge in [-0.2, -0.15) is 0 Å². The van der Waals surface area contributed by atoms with Crippen molar-refractivity contribution in [3.8, 4) is 0 Å². The predicted molar refractivity (Wildman–Crippen MR) is 52.3 cm³/mol. The molecule has 0 aliphatic carbocycles. The zero-order chi connectivity index (χ0) is 9.56. The second kappa shape index (κ2) is 6.43. The van der Waals surface area contributed by atoms with Crippen LogP contribution in [0.25, 0.3) is 0 Å². The van der Waals surface area contributed by atoms with E-state index >= 15 is 0 Å². The maximum absolute atomic E-state index is 11.1. The first-order valence-corrected chi connectivity index (χ1v) is 5.09. The molecule has 0 fully saturated rings. The van der Waals surface area contributed by atoms with Crippen molar-refractivity contribution in [3.63, 3.8) is 0 Å².